The van der Waals surface area contributed by atoms with Gasteiger partial charge in [0.1, 0.15) is 5.75 Å². The number of hydrogen-bond donors (Lipinski definition) is 2. The molecule has 1 heterocycles. The number of anilines is 1. The summed E-state index contributed by atoms with van der Waals surface area (Å²) in [5, 5.41) is 6.27. The monoisotopic (exact) mass is 276 g/mol. The third kappa shape index (κ3) is 4.85. The zero-order valence-electron chi connectivity index (χ0n) is 12.2. The van der Waals surface area contributed by atoms with Gasteiger partial charge < -0.3 is 15.4 Å². The van der Waals surface area contributed by atoms with E-state index in [1.165, 1.54) is 6.42 Å². The summed E-state index contributed by atoms with van der Waals surface area (Å²) in [4.78, 5) is 11.9. The first-order chi connectivity index (χ1) is 9.78. The zero-order chi connectivity index (χ0) is 14.2. The molecule has 4 nitrogen and oxygen atoms in total. The number of amides is 1. The Morgan fingerprint density at radius 3 is 3.15 bits per heavy atom. The summed E-state index contributed by atoms with van der Waals surface area (Å²) in [7, 11) is 0. The molecular weight excluding hydrogens is 252 g/mol. The highest BCUT2D eigenvalue weighted by molar-refractivity contribution is 5.90. The third-order valence-corrected chi connectivity index (χ3v) is 3.53. The van der Waals surface area contributed by atoms with Crippen molar-refractivity contribution in [1.82, 2.24) is 5.32 Å². The molecule has 20 heavy (non-hydrogen) atoms. The molecule has 0 aromatic heterocycles. The van der Waals surface area contributed by atoms with Gasteiger partial charge in [0.05, 0.1) is 6.61 Å². The molecule has 1 aliphatic rings. The maximum absolute atomic E-state index is 11.9. The molecule has 1 unspecified atom stereocenters. The molecule has 1 atom stereocenters. The maximum atomic E-state index is 11.9. The van der Waals surface area contributed by atoms with Crippen LogP contribution in [0.1, 0.15) is 32.6 Å². The van der Waals surface area contributed by atoms with Gasteiger partial charge in [0.2, 0.25) is 5.91 Å². The fourth-order valence-corrected chi connectivity index (χ4v) is 2.40. The first-order valence-electron chi connectivity index (χ1n) is 7.51. The predicted molar refractivity (Wildman–Crippen MR) is 81.1 cm³/mol. The Bertz CT molecular complexity index is 428. The van der Waals surface area contributed by atoms with Gasteiger partial charge in [0.25, 0.3) is 0 Å². The quantitative estimate of drug-likeness (QED) is 0.805. The van der Waals surface area contributed by atoms with Gasteiger partial charge in [-0.2, -0.15) is 0 Å². The molecule has 0 spiro atoms. The van der Waals surface area contributed by atoms with Crippen LogP contribution in [-0.4, -0.2) is 25.6 Å². The fourth-order valence-electron chi connectivity index (χ4n) is 2.40. The van der Waals surface area contributed by atoms with Crippen LogP contribution in [0.25, 0.3) is 0 Å². The van der Waals surface area contributed by atoms with E-state index < -0.39 is 0 Å². The van der Waals surface area contributed by atoms with Crippen molar-refractivity contribution in [3.8, 4) is 5.75 Å². The molecular formula is C16H24N2O2. The lowest BCUT2D eigenvalue weighted by Gasteiger charge is -2.10. The Morgan fingerprint density at radius 1 is 1.50 bits per heavy atom. The van der Waals surface area contributed by atoms with E-state index in [2.05, 4.69) is 17.6 Å². The highest BCUT2D eigenvalue weighted by Gasteiger charge is 2.15. The van der Waals surface area contributed by atoms with Crippen LogP contribution in [0.4, 0.5) is 5.69 Å². The van der Waals surface area contributed by atoms with Crippen LogP contribution in [0.2, 0.25) is 0 Å². The van der Waals surface area contributed by atoms with Crippen LogP contribution < -0.4 is 15.4 Å². The SMILES string of the molecule is CCCOc1cccc(NC(=O)CCC2CCNC2)c1. The summed E-state index contributed by atoms with van der Waals surface area (Å²) in [6.45, 7) is 4.91. The highest BCUT2D eigenvalue weighted by atomic mass is 16.5. The maximum Gasteiger partial charge on any atom is 0.224 e. The summed E-state index contributed by atoms with van der Waals surface area (Å²) in [6.07, 6.45) is 3.72. The average molecular weight is 276 g/mol. The lowest BCUT2D eigenvalue weighted by atomic mass is 10.0. The molecule has 2 N–H and O–H groups in total. The second-order valence-corrected chi connectivity index (χ2v) is 5.32. The van der Waals surface area contributed by atoms with E-state index in [1.54, 1.807) is 0 Å². The van der Waals surface area contributed by atoms with Crippen molar-refractivity contribution in [2.45, 2.75) is 32.6 Å². The first kappa shape index (κ1) is 14.9. The van der Waals surface area contributed by atoms with Crippen molar-refractivity contribution < 1.29 is 9.53 Å². The fraction of sp³-hybridized carbons (Fsp3) is 0.562. The largest absolute Gasteiger partial charge is 0.494 e. The van der Waals surface area contributed by atoms with Crippen LogP contribution in [-0.2, 0) is 4.79 Å². The van der Waals surface area contributed by atoms with Crippen molar-refractivity contribution in [3.63, 3.8) is 0 Å². The van der Waals surface area contributed by atoms with Crippen molar-refractivity contribution in [1.29, 1.82) is 0 Å². The van der Waals surface area contributed by atoms with E-state index in [0.717, 1.165) is 37.4 Å². The third-order valence-electron chi connectivity index (χ3n) is 3.53. The number of carbonyl (C=O) groups excluding carboxylic acids is 1. The standard InChI is InChI=1S/C16H24N2O2/c1-2-10-20-15-5-3-4-14(11-15)18-16(19)7-6-13-8-9-17-12-13/h3-5,11,13,17H,2,6-10,12H2,1H3,(H,18,19). The molecule has 1 saturated heterocycles. The van der Waals surface area contributed by atoms with Gasteiger partial charge in [-0.15, -0.1) is 0 Å². The molecule has 1 aliphatic heterocycles. The Morgan fingerprint density at radius 2 is 2.40 bits per heavy atom. The van der Waals surface area contributed by atoms with Crippen LogP contribution in [0, 0.1) is 5.92 Å². The highest BCUT2D eigenvalue weighted by Crippen LogP contribution is 2.19. The van der Waals surface area contributed by atoms with Gasteiger partial charge in [-0.1, -0.05) is 13.0 Å². The van der Waals surface area contributed by atoms with Crippen molar-refractivity contribution >= 4 is 11.6 Å². The number of ether oxygens (including phenoxy) is 1. The molecule has 110 valence electrons. The summed E-state index contributed by atoms with van der Waals surface area (Å²) < 4.78 is 5.56. The molecule has 1 aromatic carbocycles. The summed E-state index contributed by atoms with van der Waals surface area (Å²) in [5.41, 5.74) is 0.813. The van der Waals surface area contributed by atoms with Gasteiger partial charge in [0, 0.05) is 18.2 Å². The molecule has 0 radical (unpaired) electrons. The summed E-state index contributed by atoms with van der Waals surface area (Å²) in [5.74, 6) is 1.55. The van der Waals surface area contributed by atoms with Gasteiger partial charge in [-0.3, -0.25) is 4.79 Å². The van der Waals surface area contributed by atoms with Crippen molar-refractivity contribution in [2.75, 3.05) is 25.0 Å². The van der Waals surface area contributed by atoms with E-state index in [0.29, 0.717) is 18.9 Å². The Kier molecular flexibility index (Phi) is 5.87. The van der Waals surface area contributed by atoms with Crippen LogP contribution in [0.15, 0.2) is 24.3 Å². The zero-order valence-corrected chi connectivity index (χ0v) is 12.2. The molecule has 0 saturated carbocycles. The molecule has 0 aliphatic carbocycles. The van der Waals surface area contributed by atoms with E-state index in [1.807, 2.05) is 24.3 Å². The number of rotatable bonds is 7. The first-order valence-corrected chi connectivity index (χ1v) is 7.51. The molecule has 1 amide bonds. The average Bonchev–Trinajstić information content (AvgIpc) is 2.97. The molecule has 1 aromatic rings. The lowest BCUT2D eigenvalue weighted by Crippen LogP contribution is -2.15. The van der Waals surface area contributed by atoms with Gasteiger partial charge >= 0.3 is 0 Å². The second-order valence-electron chi connectivity index (χ2n) is 5.32. The number of nitrogens with one attached hydrogen (secondary N) is 2. The number of hydrogen-bond acceptors (Lipinski definition) is 3. The van der Waals surface area contributed by atoms with Crippen LogP contribution >= 0.6 is 0 Å². The summed E-state index contributed by atoms with van der Waals surface area (Å²) >= 11 is 0. The van der Waals surface area contributed by atoms with Crippen molar-refractivity contribution in [3.05, 3.63) is 24.3 Å². The minimum absolute atomic E-state index is 0.0875. The van der Waals surface area contributed by atoms with Crippen molar-refractivity contribution in [2.24, 2.45) is 5.92 Å². The molecule has 2 rings (SSSR count). The van der Waals surface area contributed by atoms with Crippen LogP contribution in [0.5, 0.6) is 5.75 Å². The lowest BCUT2D eigenvalue weighted by molar-refractivity contribution is -0.116. The normalized spacial score (nSPS) is 17.9. The van der Waals surface area contributed by atoms with Crippen LogP contribution in [0.3, 0.4) is 0 Å². The van der Waals surface area contributed by atoms with E-state index in [-0.39, 0.29) is 5.91 Å². The smallest absolute Gasteiger partial charge is 0.224 e. The minimum atomic E-state index is 0.0875. The van der Waals surface area contributed by atoms with E-state index in [9.17, 15) is 4.79 Å². The molecule has 1 fully saturated rings. The Labute approximate surface area is 120 Å². The minimum Gasteiger partial charge on any atom is -0.494 e. The Balaban J connectivity index is 1.77. The topological polar surface area (TPSA) is 50.4 Å². The van der Waals surface area contributed by atoms with Gasteiger partial charge in [-0.05, 0) is 50.4 Å². The van der Waals surface area contributed by atoms with Gasteiger partial charge in [-0.25, -0.2) is 0 Å². The number of benzene rings is 1. The molecule has 4 heteroatoms. The van der Waals surface area contributed by atoms with E-state index in [4.69, 9.17) is 4.74 Å². The number of carbonyl (C=O) groups is 1. The predicted octanol–water partition coefficient (Wildman–Crippen LogP) is 2.80. The van der Waals surface area contributed by atoms with E-state index >= 15 is 0 Å². The van der Waals surface area contributed by atoms with Gasteiger partial charge in [0.15, 0.2) is 0 Å². The molecule has 0 bridgehead atoms. The Hall–Kier alpha value is -1.55. The second kappa shape index (κ2) is 7.90. The summed E-state index contributed by atoms with van der Waals surface area (Å²) in [6, 6.07) is 7.59.